The molecule has 0 spiro atoms. The van der Waals surface area contributed by atoms with E-state index in [1.165, 1.54) is 12.8 Å². The van der Waals surface area contributed by atoms with Crippen molar-refractivity contribution in [3.63, 3.8) is 0 Å². The zero-order valence-electron chi connectivity index (χ0n) is 12.6. The van der Waals surface area contributed by atoms with Crippen molar-refractivity contribution >= 4 is 5.91 Å². The lowest BCUT2D eigenvalue weighted by molar-refractivity contribution is -0.137. The summed E-state index contributed by atoms with van der Waals surface area (Å²) < 4.78 is 5.35. The highest BCUT2D eigenvalue weighted by atomic mass is 16.5. The first-order valence-electron chi connectivity index (χ1n) is 7.79. The second kappa shape index (κ2) is 9.32. The third kappa shape index (κ3) is 5.49. The van der Waals surface area contributed by atoms with E-state index < -0.39 is 0 Å². The Labute approximate surface area is 117 Å². The molecule has 4 heteroatoms. The summed E-state index contributed by atoms with van der Waals surface area (Å²) >= 11 is 0. The van der Waals surface area contributed by atoms with Gasteiger partial charge in [-0.3, -0.25) is 4.79 Å². The Morgan fingerprint density at radius 3 is 2.79 bits per heavy atom. The molecular formula is C15H30N2O2. The van der Waals surface area contributed by atoms with Crippen LogP contribution in [0.25, 0.3) is 0 Å². The van der Waals surface area contributed by atoms with Crippen LogP contribution in [0.2, 0.25) is 0 Å². The third-order valence-corrected chi connectivity index (χ3v) is 4.11. The Balaban J connectivity index is 2.44. The average Bonchev–Trinajstić information content (AvgIpc) is 2.44. The van der Waals surface area contributed by atoms with Crippen LogP contribution in [0.5, 0.6) is 0 Å². The summed E-state index contributed by atoms with van der Waals surface area (Å²) in [4.78, 5) is 14.5. The molecule has 4 nitrogen and oxygen atoms in total. The minimum absolute atomic E-state index is 0.215. The van der Waals surface area contributed by atoms with E-state index in [1.807, 2.05) is 18.7 Å². The van der Waals surface area contributed by atoms with Gasteiger partial charge in [-0.05, 0) is 45.6 Å². The summed E-state index contributed by atoms with van der Waals surface area (Å²) in [7, 11) is 0. The van der Waals surface area contributed by atoms with Crippen LogP contribution in [0.3, 0.4) is 0 Å². The van der Waals surface area contributed by atoms with E-state index in [0.29, 0.717) is 25.0 Å². The number of likely N-dealkylation sites (N-methyl/N-ethyl adjacent to an activating group) is 1. The first kappa shape index (κ1) is 16.4. The Kier molecular flexibility index (Phi) is 8.07. The van der Waals surface area contributed by atoms with Crippen LogP contribution in [-0.4, -0.2) is 43.7 Å². The van der Waals surface area contributed by atoms with Crippen molar-refractivity contribution in [1.29, 1.82) is 0 Å². The Bertz CT molecular complexity index is 257. The summed E-state index contributed by atoms with van der Waals surface area (Å²) in [6.45, 7) is 7.64. The number of nitrogens with two attached hydrogens (primary N) is 1. The second-order valence-electron chi connectivity index (χ2n) is 5.42. The summed E-state index contributed by atoms with van der Waals surface area (Å²) in [5, 5.41) is 0. The van der Waals surface area contributed by atoms with Crippen molar-refractivity contribution in [2.75, 3.05) is 32.8 Å². The monoisotopic (exact) mass is 270 g/mol. The van der Waals surface area contributed by atoms with Crippen LogP contribution in [0.4, 0.5) is 0 Å². The van der Waals surface area contributed by atoms with Gasteiger partial charge in [-0.15, -0.1) is 0 Å². The second-order valence-corrected chi connectivity index (χ2v) is 5.42. The molecule has 0 saturated heterocycles. The van der Waals surface area contributed by atoms with Crippen LogP contribution < -0.4 is 5.73 Å². The highest BCUT2D eigenvalue weighted by Crippen LogP contribution is 2.31. The zero-order chi connectivity index (χ0) is 14.1. The number of nitrogens with zero attached hydrogens (tertiary/aromatic N) is 1. The number of rotatable bonds is 8. The maximum atomic E-state index is 12.5. The topological polar surface area (TPSA) is 55.6 Å². The molecule has 0 radical (unpaired) electrons. The van der Waals surface area contributed by atoms with Gasteiger partial charge < -0.3 is 15.4 Å². The Hall–Kier alpha value is -0.610. The fraction of sp³-hybridized carbons (Fsp3) is 0.933. The number of amides is 1. The lowest BCUT2D eigenvalue weighted by Crippen LogP contribution is -2.40. The van der Waals surface area contributed by atoms with Crippen LogP contribution >= 0.6 is 0 Å². The van der Waals surface area contributed by atoms with Gasteiger partial charge in [-0.25, -0.2) is 0 Å². The van der Waals surface area contributed by atoms with E-state index in [2.05, 4.69) is 0 Å². The number of hydrogen-bond acceptors (Lipinski definition) is 3. The largest absolute Gasteiger partial charge is 0.380 e. The molecule has 0 aliphatic heterocycles. The van der Waals surface area contributed by atoms with E-state index in [1.54, 1.807) is 0 Å². The van der Waals surface area contributed by atoms with E-state index in [4.69, 9.17) is 10.5 Å². The standard InChI is InChI=1S/C15H30N2O2/c1-3-17(10-11-19-4-2)15(18)14-7-5-6-13(12-14)8-9-16/h13-14H,3-12,16H2,1-2H3. The number of carbonyl (C=O) groups excluding carboxylic acids is 1. The normalized spacial score (nSPS) is 23.3. The molecule has 0 heterocycles. The number of hydrogen-bond donors (Lipinski definition) is 1. The van der Waals surface area contributed by atoms with Gasteiger partial charge in [0, 0.05) is 25.6 Å². The van der Waals surface area contributed by atoms with Crippen molar-refractivity contribution in [1.82, 2.24) is 4.90 Å². The Morgan fingerprint density at radius 1 is 1.37 bits per heavy atom. The first-order chi connectivity index (χ1) is 9.22. The quantitative estimate of drug-likeness (QED) is 0.687. The van der Waals surface area contributed by atoms with Gasteiger partial charge in [0.25, 0.3) is 0 Å². The molecule has 1 saturated carbocycles. The number of ether oxygens (including phenoxy) is 1. The predicted molar refractivity (Wildman–Crippen MR) is 77.9 cm³/mol. The van der Waals surface area contributed by atoms with Crippen LogP contribution in [0.1, 0.15) is 46.0 Å². The average molecular weight is 270 g/mol. The molecule has 2 unspecified atom stereocenters. The summed E-state index contributed by atoms with van der Waals surface area (Å²) in [6.07, 6.45) is 5.55. The molecule has 1 aliphatic rings. The van der Waals surface area contributed by atoms with Crippen molar-refractivity contribution < 1.29 is 9.53 Å². The Morgan fingerprint density at radius 2 is 2.16 bits per heavy atom. The van der Waals surface area contributed by atoms with E-state index in [9.17, 15) is 4.79 Å². The maximum Gasteiger partial charge on any atom is 0.225 e. The van der Waals surface area contributed by atoms with Gasteiger partial charge in [0.15, 0.2) is 0 Å². The van der Waals surface area contributed by atoms with Crippen LogP contribution in [0, 0.1) is 11.8 Å². The van der Waals surface area contributed by atoms with Crippen molar-refractivity contribution in [2.45, 2.75) is 46.0 Å². The van der Waals surface area contributed by atoms with Crippen LogP contribution in [0.15, 0.2) is 0 Å². The predicted octanol–water partition coefficient (Wildman–Crippen LogP) is 2.03. The summed E-state index contributed by atoms with van der Waals surface area (Å²) in [6, 6.07) is 0. The number of carbonyl (C=O) groups is 1. The van der Waals surface area contributed by atoms with Gasteiger partial charge in [0.05, 0.1) is 6.61 Å². The van der Waals surface area contributed by atoms with Crippen molar-refractivity contribution in [3.05, 3.63) is 0 Å². The molecule has 1 rings (SSSR count). The van der Waals surface area contributed by atoms with Gasteiger partial charge in [-0.2, -0.15) is 0 Å². The molecular weight excluding hydrogens is 240 g/mol. The lowest BCUT2D eigenvalue weighted by atomic mass is 9.79. The van der Waals surface area contributed by atoms with E-state index in [0.717, 1.165) is 38.9 Å². The highest BCUT2D eigenvalue weighted by molar-refractivity contribution is 5.78. The summed E-state index contributed by atoms with van der Waals surface area (Å²) in [5.41, 5.74) is 5.64. The smallest absolute Gasteiger partial charge is 0.225 e. The fourth-order valence-corrected chi connectivity index (χ4v) is 3.01. The highest BCUT2D eigenvalue weighted by Gasteiger charge is 2.29. The molecule has 0 aromatic rings. The van der Waals surface area contributed by atoms with Gasteiger partial charge >= 0.3 is 0 Å². The van der Waals surface area contributed by atoms with Gasteiger partial charge in [-0.1, -0.05) is 12.8 Å². The molecule has 2 N–H and O–H groups in total. The van der Waals surface area contributed by atoms with E-state index >= 15 is 0 Å². The molecule has 0 aromatic heterocycles. The van der Waals surface area contributed by atoms with Crippen LogP contribution in [-0.2, 0) is 9.53 Å². The minimum atomic E-state index is 0.215. The molecule has 0 aromatic carbocycles. The maximum absolute atomic E-state index is 12.5. The molecule has 2 atom stereocenters. The fourth-order valence-electron chi connectivity index (χ4n) is 3.01. The van der Waals surface area contributed by atoms with E-state index in [-0.39, 0.29) is 5.92 Å². The molecule has 0 bridgehead atoms. The lowest BCUT2D eigenvalue weighted by Gasteiger charge is -2.32. The van der Waals surface area contributed by atoms with Crippen molar-refractivity contribution in [3.8, 4) is 0 Å². The van der Waals surface area contributed by atoms with Crippen molar-refractivity contribution in [2.24, 2.45) is 17.6 Å². The zero-order valence-corrected chi connectivity index (χ0v) is 12.6. The third-order valence-electron chi connectivity index (χ3n) is 4.11. The molecule has 112 valence electrons. The minimum Gasteiger partial charge on any atom is -0.380 e. The summed E-state index contributed by atoms with van der Waals surface area (Å²) in [5.74, 6) is 1.19. The molecule has 1 aliphatic carbocycles. The molecule has 19 heavy (non-hydrogen) atoms. The molecule has 1 fully saturated rings. The first-order valence-corrected chi connectivity index (χ1v) is 7.79. The van der Waals surface area contributed by atoms with Gasteiger partial charge in [0.1, 0.15) is 0 Å². The van der Waals surface area contributed by atoms with Gasteiger partial charge in [0.2, 0.25) is 5.91 Å². The SMILES string of the molecule is CCOCCN(CC)C(=O)C1CCCC(CCN)C1. The molecule has 1 amide bonds.